The highest BCUT2D eigenvalue weighted by Crippen LogP contribution is 2.30. The van der Waals surface area contributed by atoms with Gasteiger partial charge in [-0.2, -0.15) is 18.3 Å². The molecule has 0 aliphatic carbocycles. The molecule has 2 aromatic rings. The summed E-state index contributed by atoms with van der Waals surface area (Å²) >= 11 is 0. The highest BCUT2D eigenvalue weighted by molar-refractivity contribution is 7.92. The summed E-state index contributed by atoms with van der Waals surface area (Å²) in [4.78, 5) is -0.264. The molecule has 0 spiro atoms. The molecule has 2 rings (SSSR count). The van der Waals surface area contributed by atoms with Crippen LogP contribution in [0.4, 0.5) is 19.0 Å². The molecule has 20 heavy (non-hydrogen) atoms. The summed E-state index contributed by atoms with van der Waals surface area (Å²) in [5.74, 6) is 0.171. The highest BCUT2D eigenvalue weighted by atomic mass is 32.2. The van der Waals surface area contributed by atoms with E-state index in [9.17, 15) is 21.6 Å². The fourth-order valence-electron chi connectivity index (χ4n) is 1.47. The monoisotopic (exact) mass is 305 g/mol. The van der Waals surface area contributed by atoms with Gasteiger partial charge in [0.15, 0.2) is 0 Å². The number of nitrogens with one attached hydrogen (secondary N) is 2. The first kappa shape index (κ1) is 14.4. The van der Waals surface area contributed by atoms with Gasteiger partial charge >= 0.3 is 6.18 Å². The van der Waals surface area contributed by atoms with Crippen molar-refractivity contribution in [2.75, 3.05) is 4.72 Å². The van der Waals surface area contributed by atoms with Crippen molar-refractivity contribution in [1.82, 2.24) is 10.2 Å². The Balaban J connectivity index is 2.29. The number of alkyl halides is 3. The quantitative estimate of drug-likeness (QED) is 0.915. The van der Waals surface area contributed by atoms with E-state index in [1.165, 1.54) is 6.20 Å². The van der Waals surface area contributed by atoms with Gasteiger partial charge in [0.05, 0.1) is 16.7 Å². The molecule has 1 heterocycles. The summed E-state index contributed by atoms with van der Waals surface area (Å²) < 4.78 is 63.3. The van der Waals surface area contributed by atoms with Gasteiger partial charge in [0.25, 0.3) is 10.0 Å². The van der Waals surface area contributed by atoms with Gasteiger partial charge in [0.2, 0.25) is 0 Å². The van der Waals surface area contributed by atoms with Crippen molar-refractivity contribution >= 4 is 15.8 Å². The van der Waals surface area contributed by atoms with Crippen LogP contribution >= 0.6 is 0 Å². The van der Waals surface area contributed by atoms with Crippen LogP contribution in [0.1, 0.15) is 11.1 Å². The van der Waals surface area contributed by atoms with Gasteiger partial charge in [-0.15, -0.1) is 0 Å². The topological polar surface area (TPSA) is 74.8 Å². The minimum atomic E-state index is -4.50. The largest absolute Gasteiger partial charge is 0.416 e. The predicted molar refractivity (Wildman–Crippen MR) is 65.6 cm³/mol. The van der Waals surface area contributed by atoms with Crippen LogP contribution in [0.25, 0.3) is 0 Å². The maximum Gasteiger partial charge on any atom is 0.416 e. The van der Waals surface area contributed by atoms with Crippen molar-refractivity contribution < 1.29 is 21.6 Å². The summed E-state index contributed by atoms with van der Waals surface area (Å²) in [7, 11) is -3.96. The Labute approximate surface area is 112 Å². The zero-order valence-corrected chi connectivity index (χ0v) is 11.0. The van der Waals surface area contributed by atoms with E-state index in [0.29, 0.717) is 17.7 Å². The number of aromatic nitrogens is 2. The van der Waals surface area contributed by atoms with E-state index in [-0.39, 0.29) is 10.7 Å². The van der Waals surface area contributed by atoms with Gasteiger partial charge in [-0.3, -0.25) is 9.82 Å². The van der Waals surface area contributed by atoms with Crippen LogP contribution in [0.2, 0.25) is 0 Å². The fourth-order valence-corrected chi connectivity index (χ4v) is 2.55. The Bertz CT molecular complexity index is 705. The number of rotatable bonds is 3. The molecule has 108 valence electrons. The van der Waals surface area contributed by atoms with Crippen molar-refractivity contribution in [3.05, 3.63) is 41.6 Å². The third-order valence-corrected chi connectivity index (χ3v) is 3.92. The van der Waals surface area contributed by atoms with Crippen LogP contribution in [0.15, 0.2) is 35.4 Å². The van der Waals surface area contributed by atoms with E-state index in [1.54, 1.807) is 6.92 Å². The van der Waals surface area contributed by atoms with E-state index < -0.39 is 21.8 Å². The van der Waals surface area contributed by atoms with E-state index in [1.807, 2.05) is 0 Å². The number of nitrogens with zero attached hydrogens (tertiary/aromatic N) is 1. The molecule has 2 N–H and O–H groups in total. The Kier molecular flexibility index (Phi) is 3.46. The average Bonchev–Trinajstić information content (AvgIpc) is 2.73. The fraction of sp³-hybridized carbons (Fsp3) is 0.182. The highest BCUT2D eigenvalue weighted by Gasteiger charge is 2.30. The minimum absolute atomic E-state index is 0.171. The van der Waals surface area contributed by atoms with E-state index in [2.05, 4.69) is 14.9 Å². The third-order valence-electron chi connectivity index (χ3n) is 2.56. The summed E-state index contributed by atoms with van der Waals surface area (Å²) in [5.41, 5.74) is -0.338. The second kappa shape index (κ2) is 4.82. The molecule has 0 fully saturated rings. The maximum absolute atomic E-state index is 12.4. The Morgan fingerprint density at radius 3 is 2.25 bits per heavy atom. The van der Waals surface area contributed by atoms with Crippen molar-refractivity contribution in [2.45, 2.75) is 18.0 Å². The molecule has 0 unspecified atom stereocenters. The molecular weight excluding hydrogens is 295 g/mol. The number of anilines is 1. The number of sulfonamides is 1. The van der Waals surface area contributed by atoms with Crippen LogP contribution in [0, 0.1) is 6.92 Å². The first-order valence-corrected chi connectivity index (χ1v) is 6.88. The number of hydrogen-bond acceptors (Lipinski definition) is 3. The van der Waals surface area contributed by atoms with Gasteiger partial charge in [-0.05, 0) is 31.2 Å². The van der Waals surface area contributed by atoms with Gasteiger partial charge in [-0.25, -0.2) is 8.42 Å². The zero-order chi connectivity index (χ0) is 15.0. The van der Waals surface area contributed by atoms with Crippen LogP contribution in [-0.2, 0) is 16.2 Å². The van der Waals surface area contributed by atoms with Gasteiger partial charge in [0.1, 0.15) is 5.82 Å². The van der Waals surface area contributed by atoms with Crippen LogP contribution in [0.5, 0.6) is 0 Å². The van der Waals surface area contributed by atoms with Gasteiger partial charge < -0.3 is 0 Å². The number of aryl methyl sites for hydroxylation is 1. The molecule has 1 aromatic heterocycles. The Morgan fingerprint density at radius 1 is 1.20 bits per heavy atom. The Hall–Kier alpha value is -2.03. The lowest BCUT2D eigenvalue weighted by Crippen LogP contribution is -2.14. The molecule has 0 aliphatic heterocycles. The number of halogens is 3. The minimum Gasteiger partial charge on any atom is -0.264 e. The van der Waals surface area contributed by atoms with Crippen molar-refractivity contribution in [3.8, 4) is 0 Å². The summed E-state index contributed by atoms with van der Waals surface area (Å²) in [5, 5.41) is 6.09. The molecule has 5 nitrogen and oxygen atoms in total. The number of benzene rings is 1. The molecule has 0 radical (unpaired) electrons. The van der Waals surface area contributed by atoms with Gasteiger partial charge in [0, 0.05) is 5.56 Å². The van der Waals surface area contributed by atoms with E-state index >= 15 is 0 Å². The number of H-pyrrole nitrogens is 1. The van der Waals surface area contributed by atoms with Crippen molar-refractivity contribution in [2.24, 2.45) is 0 Å². The lowest BCUT2D eigenvalue weighted by Gasteiger charge is -2.09. The summed E-state index contributed by atoms with van der Waals surface area (Å²) in [6, 6.07) is 3.23. The third kappa shape index (κ3) is 2.93. The lowest BCUT2D eigenvalue weighted by molar-refractivity contribution is -0.137. The summed E-state index contributed by atoms with van der Waals surface area (Å²) in [6.07, 6.45) is -3.08. The molecule has 0 aliphatic rings. The van der Waals surface area contributed by atoms with Gasteiger partial charge in [-0.1, -0.05) is 0 Å². The molecule has 0 amide bonds. The van der Waals surface area contributed by atoms with Crippen molar-refractivity contribution in [3.63, 3.8) is 0 Å². The first-order valence-electron chi connectivity index (χ1n) is 5.40. The SMILES string of the molecule is Cc1cn[nH]c1NS(=O)(=O)c1ccc(C(F)(F)F)cc1. The second-order valence-corrected chi connectivity index (χ2v) is 5.74. The maximum atomic E-state index is 12.4. The molecule has 0 bridgehead atoms. The van der Waals surface area contributed by atoms with Crippen LogP contribution in [-0.4, -0.2) is 18.6 Å². The lowest BCUT2D eigenvalue weighted by atomic mass is 10.2. The standard InChI is InChI=1S/C11H10F3N3O2S/c1-7-6-15-16-10(7)17-20(18,19)9-4-2-8(3-5-9)11(12,13)14/h2-6H,1H3,(H2,15,16,17). The molecule has 0 atom stereocenters. The average molecular weight is 305 g/mol. The smallest absolute Gasteiger partial charge is 0.264 e. The summed E-state index contributed by atoms with van der Waals surface area (Å²) in [6.45, 7) is 1.63. The molecular formula is C11H10F3N3O2S. The molecule has 1 aromatic carbocycles. The van der Waals surface area contributed by atoms with E-state index in [4.69, 9.17) is 0 Å². The molecule has 0 saturated heterocycles. The van der Waals surface area contributed by atoms with Crippen molar-refractivity contribution in [1.29, 1.82) is 0 Å². The zero-order valence-electron chi connectivity index (χ0n) is 10.2. The molecule has 9 heteroatoms. The first-order chi connectivity index (χ1) is 9.20. The number of aromatic amines is 1. The number of hydrogen-bond donors (Lipinski definition) is 2. The normalized spacial score (nSPS) is 12.4. The molecule has 0 saturated carbocycles. The second-order valence-electron chi connectivity index (χ2n) is 4.06. The Morgan fingerprint density at radius 2 is 1.80 bits per heavy atom. The van der Waals surface area contributed by atoms with Crippen LogP contribution < -0.4 is 4.72 Å². The van der Waals surface area contributed by atoms with E-state index in [0.717, 1.165) is 12.1 Å². The van der Waals surface area contributed by atoms with Crippen LogP contribution in [0.3, 0.4) is 0 Å². The predicted octanol–water partition coefficient (Wildman–Crippen LogP) is 2.54.